The quantitative estimate of drug-likeness (QED) is 0.806. The van der Waals surface area contributed by atoms with Crippen LogP contribution in [0.25, 0.3) is 0 Å². The fourth-order valence-corrected chi connectivity index (χ4v) is 1.46. The number of amides is 1. The zero-order chi connectivity index (χ0) is 13.0. The lowest BCUT2D eigenvalue weighted by atomic mass is 10.2. The van der Waals surface area contributed by atoms with Crippen molar-refractivity contribution in [1.82, 2.24) is 10.3 Å². The predicted molar refractivity (Wildman–Crippen MR) is 68.6 cm³/mol. The van der Waals surface area contributed by atoms with E-state index in [1.54, 1.807) is 49.8 Å². The van der Waals surface area contributed by atoms with Gasteiger partial charge in [0.1, 0.15) is 11.5 Å². The Morgan fingerprint density at radius 3 is 2.83 bits per heavy atom. The molecule has 0 unspecified atom stereocenters. The third-order valence-electron chi connectivity index (χ3n) is 2.36. The van der Waals surface area contributed by atoms with Crippen molar-refractivity contribution in [2.75, 3.05) is 12.8 Å². The smallest absolute Gasteiger partial charge is 0.251 e. The third kappa shape index (κ3) is 2.57. The van der Waals surface area contributed by atoms with Crippen LogP contribution in [0, 0.1) is 0 Å². The minimum absolute atomic E-state index is 0.186. The molecule has 1 aromatic heterocycles. The number of ether oxygens (including phenoxy) is 1. The summed E-state index contributed by atoms with van der Waals surface area (Å²) in [5.74, 6) is 0.905. The van der Waals surface area contributed by atoms with E-state index in [0.717, 1.165) is 0 Å². The summed E-state index contributed by atoms with van der Waals surface area (Å²) in [4.78, 5) is 15.4. The van der Waals surface area contributed by atoms with E-state index in [-0.39, 0.29) is 5.91 Å². The van der Waals surface area contributed by atoms with Gasteiger partial charge in [-0.1, -0.05) is 0 Å². The van der Waals surface area contributed by atoms with Gasteiger partial charge in [0.05, 0.1) is 11.9 Å². The standard InChI is InChI=1S/C13H13N3O2/c1-15-13(17)9-4-5-12(11(14)7-9)18-10-3-2-6-16-8-10/h2-8H,14H2,1H3,(H,15,17). The summed E-state index contributed by atoms with van der Waals surface area (Å²) in [5.41, 5.74) is 6.73. The molecule has 0 aliphatic rings. The zero-order valence-corrected chi connectivity index (χ0v) is 9.88. The number of anilines is 1. The molecule has 3 N–H and O–H groups in total. The summed E-state index contributed by atoms with van der Waals surface area (Å²) in [6.45, 7) is 0. The van der Waals surface area contributed by atoms with Gasteiger partial charge >= 0.3 is 0 Å². The summed E-state index contributed by atoms with van der Waals surface area (Å²) in [5, 5.41) is 2.53. The minimum Gasteiger partial charge on any atom is -0.454 e. The van der Waals surface area contributed by atoms with Crippen LogP contribution < -0.4 is 15.8 Å². The topological polar surface area (TPSA) is 77.2 Å². The van der Waals surface area contributed by atoms with E-state index in [2.05, 4.69) is 10.3 Å². The van der Waals surface area contributed by atoms with Crippen molar-refractivity contribution in [3.63, 3.8) is 0 Å². The number of benzene rings is 1. The van der Waals surface area contributed by atoms with Gasteiger partial charge in [-0.25, -0.2) is 0 Å². The molecule has 0 saturated carbocycles. The molecule has 0 atom stereocenters. The van der Waals surface area contributed by atoms with Crippen LogP contribution in [0.15, 0.2) is 42.7 Å². The molecule has 18 heavy (non-hydrogen) atoms. The summed E-state index contributed by atoms with van der Waals surface area (Å²) >= 11 is 0. The number of carbonyl (C=O) groups excluding carboxylic acids is 1. The molecule has 1 heterocycles. The number of nitrogens with one attached hydrogen (secondary N) is 1. The Kier molecular flexibility index (Phi) is 3.43. The molecule has 5 nitrogen and oxygen atoms in total. The Morgan fingerprint density at radius 2 is 2.22 bits per heavy atom. The van der Waals surface area contributed by atoms with Crippen LogP contribution in [-0.4, -0.2) is 17.9 Å². The van der Waals surface area contributed by atoms with Gasteiger partial charge in [0.2, 0.25) is 0 Å². The maximum Gasteiger partial charge on any atom is 0.251 e. The Morgan fingerprint density at radius 1 is 1.39 bits per heavy atom. The summed E-state index contributed by atoms with van der Waals surface area (Å²) in [7, 11) is 1.57. The highest BCUT2D eigenvalue weighted by atomic mass is 16.5. The third-order valence-corrected chi connectivity index (χ3v) is 2.36. The first kappa shape index (κ1) is 11.9. The molecule has 5 heteroatoms. The Bertz CT molecular complexity index is 555. The molecule has 1 aromatic carbocycles. The summed E-state index contributed by atoms with van der Waals surface area (Å²) < 4.78 is 5.56. The van der Waals surface area contributed by atoms with Crippen molar-refractivity contribution < 1.29 is 9.53 Å². The molecule has 0 aliphatic carbocycles. The Labute approximate surface area is 105 Å². The van der Waals surface area contributed by atoms with Crippen LogP contribution in [-0.2, 0) is 0 Å². The van der Waals surface area contributed by atoms with E-state index in [0.29, 0.717) is 22.7 Å². The van der Waals surface area contributed by atoms with E-state index in [1.165, 1.54) is 0 Å². The summed E-state index contributed by atoms with van der Waals surface area (Å²) in [6, 6.07) is 8.43. The molecule has 0 saturated heterocycles. The fraction of sp³-hybridized carbons (Fsp3) is 0.0769. The molecular formula is C13H13N3O2. The second-order valence-corrected chi connectivity index (χ2v) is 3.62. The average Bonchev–Trinajstić information content (AvgIpc) is 2.41. The normalized spacial score (nSPS) is 9.83. The first-order chi connectivity index (χ1) is 8.70. The summed E-state index contributed by atoms with van der Waals surface area (Å²) in [6.07, 6.45) is 3.25. The molecule has 1 amide bonds. The van der Waals surface area contributed by atoms with Gasteiger partial charge in [-0.15, -0.1) is 0 Å². The molecule has 0 bridgehead atoms. The monoisotopic (exact) mass is 243 g/mol. The number of hydrogen-bond donors (Lipinski definition) is 2. The van der Waals surface area contributed by atoms with Crippen molar-refractivity contribution in [2.45, 2.75) is 0 Å². The van der Waals surface area contributed by atoms with Crippen molar-refractivity contribution in [3.8, 4) is 11.5 Å². The van der Waals surface area contributed by atoms with Gasteiger partial charge in [0.25, 0.3) is 5.91 Å². The Hall–Kier alpha value is -2.56. The van der Waals surface area contributed by atoms with Crippen molar-refractivity contribution in [3.05, 3.63) is 48.3 Å². The highest BCUT2D eigenvalue weighted by Crippen LogP contribution is 2.27. The van der Waals surface area contributed by atoms with Crippen molar-refractivity contribution in [2.24, 2.45) is 0 Å². The maximum absolute atomic E-state index is 11.4. The fourth-order valence-electron chi connectivity index (χ4n) is 1.46. The largest absolute Gasteiger partial charge is 0.454 e. The lowest BCUT2D eigenvalue weighted by Crippen LogP contribution is -2.17. The maximum atomic E-state index is 11.4. The number of pyridine rings is 1. The van der Waals surface area contributed by atoms with Crippen LogP contribution >= 0.6 is 0 Å². The second-order valence-electron chi connectivity index (χ2n) is 3.62. The average molecular weight is 243 g/mol. The SMILES string of the molecule is CNC(=O)c1ccc(Oc2cccnc2)c(N)c1. The second kappa shape index (κ2) is 5.18. The lowest BCUT2D eigenvalue weighted by Gasteiger charge is -2.09. The van der Waals surface area contributed by atoms with Gasteiger partial charge in [-0.05, 0) is 30.3 Å². The first-order valence-corrected chi connectivity index (χ1v) is 5.40. The molecule has 2 aromatic rings. The molecule has 2 rings (SSSR count). The molecule has 0 aliphatic heterocycles. The molecule has 92 valence electrons. The van der Waals surface area contributed by atoms with Crippen LogP contribution in [0.5, 0.6) is 11.5 Å². The van der Waals surface area contributed by atoms with E-state index in [4.69, 9.17) is 10.5 Å². The highest BCUT2D eigenvalue weighted by molar-refractivity contribution is 5.95. The number of nitrogen functional groups attached to an aromatic ring is 1. The molecule has 0 spiro atoms. The van der Waals surface area contributed by atoms with Gasteiger partial charge in [-0.2, -0.15) is 0 Å². The van der Waals surface area contributed by atoms with E-state index in [1.807, 2.05) is 0 Å². The molecular weight excluding hydrogens is 230 g/mol. The number of nitrogens with zero attached hydrogens (tertiary/aromatic N) is 1. The van der Waals surface area contributed by atoms with Gasteiger partial charge < -0.3 is 15.8 Å². The lowest BCUT2D eigenvalue weighted by molar-refractivity contribution is 0.0963. The van der Waals surface area contributed by atoms with Crippen molar-refractivity contribution in [1.29, 1.82) is 0 Å². The molecule has 0 fully saturated rings. The van der Waals surface area contributed by atoms with Gasteiger partial charge in [-0.3, -0.25) is 9.78 Å². The van der Waals surface area contributed by atoms with Crippen LogP contribution in [0.3, 0.4) is 0 Å². The van der Waals surface area contributed by atoms with Gasteiger partial charge in [0.15, 0.2) is 0 Å². The number of carbonyl (C=O) groups is 1. The van der Waals surface area contributed by atoms with E-state index < -0.39 is 0 Å². The van der Waals surface area contributed by atoms with Gasteiger partial charge in [0, 0.05) is 18.8 Å². The number of rotatable bonds is 3. The van der Waals surface area contributed by atoms with Crippen LogP contribution in [0.4, 0.5) is 5.69 Å². The molecule has 0 radical (unpaired) electrons. The predicted octanol–water partition coefficient (Wildman–Crippen LogP) is 1.82. The zero-order valence-electron chi connectivity index (χ0n) is 9.88. The van der Waals surface area contributed by atoms with Crippen molar-refractivity contribution >= 4 is 11.6 Å². The van der Waals surface area contributed by atoms with E-state index in [9.17, 15) is 4.79 Å². The minimum atomic E-state index is -0.186. The Balaban J connectivity index is 2.23. The van der Waals surface area contributed by atoms with E-state index >= 15 is 0 Å². The number of nitrogens with two attached hydrogens (primary N) is 1. The number of aromatic nitrogens is 1. The first-order valence-electron chi connectivity index (χ1n) is 5.40. The highest BCUT2D eigenvalue weighted by Gasteiger charge is 2.07. The van der Waals surface area contributed by atoms with Crippen LogP contribution in [0.1, 0.15) is 10.4 Å². The number of hydrogen-bond acceptors (Lipinski definition) is 4. The van der Waals surface area contributed by atoms with Crippen LogP contribution in [0.2, 0.25) is 0 Å².